The Kier molecular flexibility index (Phi) is 7.15. The van der Waals surface area contributed by atoms with Gasteiger partial charge in [0.2, 0.25) is 0 Å². The highest BCUT2D eigenvalue weighted by atomic mass is 16.5. The maximum atomic E-state index is 11.9. The molecule has 0 spiro atoms. The Bertz CT molecular complexity index is 1000. The summed E-state index contributed by atoms with van der Waals surface area (Å²) in [6.07, 6.45) is 12.9. The fourth-order valence-corrected chi connectivity index (χ4v) is 7.70. The minimum atomic E-state index is -0.0795. The molecule has 1 unspecified atom stereocenters. The molecule has 0 amide bonds. The molecule has 3 aliphatic rings. The van der Waals surface area contributed by atoms with Crippen molar-refractivity contribution in [1.29, 1.82) is 0 Å². The zero-order valence-electron chi connectivity index (χ0n) is 23.0. The quantitative estimate of drug-likeness (QED) is 0.443. The molecule has 3 fully saturated rings. The Labute approximate surface area is 218 Å². The van der Waals surface area contributed by atoms with E-state index in [2.05, 4.69) is 52.0 Å². The van der Waals surface area contributed by atoms with Crippen LogP contribution in [0.25, 0.3) is 0 Å². The molecule has 0 radical (unpaired) electrons. The fraction of sp³-hybridized carbons (Fsp3) is 0.636. The fourth-order valence-electron chi connectivity index (χ4n) is 7.70. The molecule has 36 heavy (non-hydrogen) atoms. The average Bonchev–Trinajstić information content (AvgIpc) is 3.38. The molecule has 1 heterocycles. The van der Waals surface area contributed by atoms with Crippen molar-refractivity contribution in [3.63, 3.8) is 0 Å². The minimum absolute atomic E-state index is 0.00914. The standard InChI is InChI=1S/C33H46O3/c1-22-17-25(30(34)27(19-22)32(3)12-7-5-8-13-32)29(24-11-16-36-21-24)26-18-23(2)20-28(31(26)35)33(4)14-9-6-10-15-33/h17-20,24,29,34-35H,5-16,21H2,1-4H3. The number of benzene rings is 2. The van der Waals surface area contributed by atoms with Gasteiger partial charge in [0, 0.05) is 34.8 Å². The summed E-state index contributed by atoms with van der Waals surface area (Å²) in [6.45, 7) is 10.4. The number of aryl methyl sites for hydroxylation is 2. The zero-order chi connectivity index (χ0) is 25.5. The lowest BCUT2D eigenvalue weighted by Gasteiger charge is -2.38. The van der Waals surface area contributed by atoms with Crippen molar-refractivity contribution in [1.82, 2.24) is 0 Å². The van der Waals surface area contributed by atoms with Crippen LogP contribution in [0, 0.1) is 19.8 Å². The number of ether oxygens (including phenoxy) is 1. The van der Waals surface area contributed by atoms with E-state index in [9.17, 15) is 10.2 Å². The molecular formula is C33H46O3. The van der Waals surface area contributed by atoms with Gasteiger partial charge in [-0.2, -0.15) is 0 Å². The highest BCUT2D eigenvalue weighted by molar-refractivity contribution is 5.57. The van der Waals surface area contributed by atoms with Crippen LogP contribution in [0.3, 0.4) is 0 Å². The first-order chi connectivity index (χ1) is 17.2. The van der Waals surface area contributed by atoms with Gasteiger partial charge in [-0.05, 0) is 62.7 Å². The third-order valence-corrected chi connectivity index (χ3v) is 9.89. The lowest BCUT2D eigenvalue weighted by molar-refractivity contribution is 0.182. The van der Waals surface area contributed by atoms with Crippen molar-refractivity contribution in [3.05, 3.63) is 57.6 Å². The molecule has 3 nitrogen and oxygen atoms in total. The maximum absolute atomic E-state index is 11.9. The molecule has 5 rings (SSSR count). The van der Waals surface area contributed by atoms with Crippen LogP contribution >= 0.6 is 0 Å². The van der Waals surface area contributed by atoms with E-state index in [1.54, 1.807) is 0 Å². The second-order valence-corrected chi connectivity index (χ2v) is 12.8. The molecule has 2 aromatic carbocycles. The molecule has 1 saturated heterocycles. The van der Waals surface area contributed by atoms with Gasteiger partial charge in [0.25, 0.3) is 0 Å². The van der Waals surface area contributed by atoms with E-state index in [0.29, 0.717) is 18.1 Å². The van der Waals surface area contributed by atoms with Gasteiger partial charge in [-0.15, -0.1) is 0 Å². The lowest BCUT2D eigenvalue weighted by atomic mass is 9.67. The minimum Gasteiger partial charge on any atom is -0.507 e. The first-order valence-corrected chi connectivity index (χ1v) is 14.5. The van der Waals surface area contributed by atoms with Gasteiger partial charge in [-0.3, -0.25) is 0 Å². The SMILES string of the molecule is Cc1cc(C(c2cc(C)cc(C3(C)CCCCC3)c2O)C2CCOC2)c(O)c(C2(C)CCCCC2)c1. The summed E-state index contributed by atoms with van der Waals surface area (Å²) >= 11 is 0. The van der Waals surface area contributed by atoms with Crippen LogP contribution in [0.1, 0.15) is 124 Å². The van der Waals surface area contributed by atoms with E-state index in [1.807, 2.05) is 0 Å². The monoisotopic (exact) mass is 490 g/mol. The second-order valence-electron chi connectivity index (χ2n) is 12.8. The second kappa shape index (κ2) is 10.0. The first-order valence-electron chi connectivity index (χ1n) is 14.5. The zero-order valence-corrected chi connectivity index (χ0v) is 23.0. The maximum Gasteiger partial charge on any atom is 0.123 e. The molecule has 2 N–H and O–H groups in total. The van der Waals surface area contributed by atoms with Gasteiger partial charge in [-0.1, -0.05) is 87.8 Å². The van der Waals surface area contributed by atoms with Gasteiger partial charge in [-0.25, -0.2) is 0 Å². The van der Waals surface area contributed by atoms with E-state index in [0.717, 1.165) is 61.0 Å². The van der Waals surface area contributed by atoms with E-state index < -0.39 is 0 Å². The molecule has 2 aromatic rings. The average molecular weight is 491 g/mol. The van der Waals surface area contributed by atoms with Crippen LogP contribution in [0.4, 0.5) is 0 Å². The Morgan fingerprint density at radius 3 is 1.56 bits per heavy atom. The van der Waals surface area contributed by atoms with Gasteiger partial charge in [0.1, 0.15) is 11.5 Å². The molecular weight excluding hydrogens is 444 g/mol. The van der Waals surface area contributed by atoms with Crippen molar-refractivity contribution in [2.45, 2.75) is 115 Å². The predicted molar refractivity (Wildman–Crippen MR) is 147 cm³/mol. The summed E-state index contributed by atoms with van der Waals surface area (Å²) in [7, 11) is 0. The van der Waals surface area contributed by atoms with Crippen LogP contribution in [0.5, 0.6) is 11.5 Å². The summed E-state index contributed by atoms with van der Waals surface area (Å²) in [6, 6.07) is 8.80. The molecule has 2 saturated carbocycles. The number of hydrogen-bond donors (Lipinski definition) is 2. The van der Waals surface area contributed by atoms with Crippen molar-refractivity contribution >= 4 is 0 Å². The normalized spacial score (nSPS) is 23.8. The number of phenols is 2. The van der Waals surface area contributed by atoms with Crippen LogP contribution in [-0.4, -0.2) is 23.4 Å². The van der Waals surface area contributed by atoms with E-state index in [1.165, 1.54) is 49.7 Å². The number of hydrogen-bond acceptors (Lipinski definition) is 3. The van der Waals surface area contributed by atoms with Gasteiger partial charge < -0.3 is 14.9 Å². The molecule has 0 aromatic heterocycles. The van der Waals surface area contributed by atoms with Gasteiger partial charge in [0.05, 0.1) is 6.61 Å². The van der Waals surface area contributed by atoms with Crippen LogP contribution < -0.4 is 0 Å². The van der Waals surface area contributed by atoms with Crippen LogP contribution in [-0.2, 0) is 15.6 Å². The first kappa shape index (κ1) is 25.6. The Balaban J connectivity index is 1.68. The van der Waals surface area contributed by atoms with Gasteiger partial charge >= 0.3 is 0 Å². The third kappa shape index (κ3) is 4.69. The molecule has 0 bridgehead atoms. The number of rotatable bonds is 5. The molecule has 2 aliphatic carbocycles. The number of aromatic hydroxyl groups is 2. The molecule has 1 atom stereocenters. The summed E-state index contributed by atoms with van der Waals surface area (Å²) in [5, 5.41) is 23.9. The largest absolute Gasteiger partial charge is 0.507 e. The molecule has 196 valence electrons. The van der Waals surface area contributed by atoms with E-state index in [-0.39, 0.29) is 22.7 Å². The highest BCUT2D eigenvalue weighted by Gasteiger charge is 2.39. The summed E-state index contributed by atoms with van der Waals surface area (Å²) < 4.78 is 5.89. The number of phenolic OH excluding ortho intramolecular Hbond substituents is 2. The Morgan fingerprint density at radius 2 is 1.17 bits per heavy atom. The predicted octanol–water partition coefficient (Wildman–Crippen LogP) is 8.33. The molecule has 3 heteroatoms. The van der Waals surface area contributed by atoms with Crippen LogP contribution in [0.15, 0.2) is 24.3 Å². The Hall–Kier alpha value is -2.00. The van der Waals surface area contributed by atoms with Crippen molar-refractivity contribution in [2.75, 3.05) is 13.2 Å². The van der Waals surface area contributed by atoms with Crippen molar-refractivity contribution in [2.24, 2.45) is 5.92 Å². The third-order valence-electron chi connectivity index (χ3n) is 9.89. The van der Waals surface area contributed by atoms with Crippen LogP contribution in [0.2, 0.25) is 0 Å². The highest BCUT2D eigenvalue weighted by Crippen LogP contribution is 2.52. The van der Waals surface area contributed by atoms with E-state index >= 15 is 0 Å². The molecule has 1 aliphatic heterocycles. The topological polar surface area (TPSA) is 49.7 Å². The lowest BCUT2D eigenvalue weighted by Crippen LogP contribution is -2.27. The van der Waals surface area contributed by atoms with Crippen molar-refractivity contribution in [3.8, 4) is 11.5 Å². The van der Waals surface area contributed by atoms with E-state index in [4.69, 9.17) is 4.74 Å². The summed E-state index contributed by atoms with van der Waals surface area (Å²) in [4.78, 5) is 0. The smallest absolute Gasteiger partial charge is 0.123 e. The van der Waals surface area contributed by atoms with Crippen molar-refractivity contribution < 1.29 is 14.9 Å². The summed E-state index contributed by atoms with van der Waals surface area (Å²) in [5.74, 6) is 1.06. The van der Waals surface area contributed by atoms with Gasteiger partial charge in [0.15, 0.2) is 0 Å². The Morgan fingerprint density at radius 1 is 0.722 bits per heavy atom. The summed E-state index contributed by atoms with van der Waals surface area (Å²) in [5.41, 5.74) is 6.58.